The monoisotopic (exact) mass is 407 g/mol. The third-order valence-electron chi connectivity index (χ3n) is 5.81. The van der Waals surface area contributed by atoms with Gasteiger partial charge in [-0.3, -0.25) is 9.59 Å². The van der Waals surface area contributed by atoms with Crippen molar-refractivity contribution < 1.29 is 23.5 Å². The summed E-state index contributed by atoms with van der Waals surface area (Å²) < 4.78 is 25.5. The van der Waals surface area contributed by atoms with Gasteiger partial charge in [-0.25, -0.2) is 4.39 Å². The van der Waals surface area contributed by atoms with Gasteiger partial charge in [0.05, 0.1) is 6.04 Å². The first-order chi connectivity index (χ1) is 13.8. The lowest BCUT2D eigenvalue weighted by atomic mass is 9.79. The molecule has 2 heterocycles. The number of benzene rings is 1. The van der Waals surface area contributed by atoms with Gasteiger partial charge in [0.1, 0.15) is 12.4 Å². The van der Waals surface area contributed by atoms with E-state index >= 15 is 0 Å². The SMILES string of the molecule is CN(C)CC1(CNC(=O)C2OCC(=O)N(C)C2c2ccccc2F)CCOCC1. The first-order valence-corrected chi connectivity index (χ1v) is 9.95. The molecule has 0 bridgehead atoms. The molecule has 160 valence electrons. The van der Waals surface area contributed by atoms with Gasteiger partial charge in [-0.05, 0) is 33.0 Å². The van der Waals surface area contributed by atoms with Crippen LogP contribution in [0.4, 0.5) is 4.39 Å². The molecule has 29 heavy (non-hydrogen) atoms. The van der Waals surface area contributed by atoms with E-state index in [4.69, 9.17) is 9.47 Å². The maximum absolute atomic E-state index is 14.4. The minimum absolute atomic E-state index is 0.0821. The minimum atomic E-state index is -0.967. The van der Waals surface area contributed by atoms with Gasteiger partial charge in [-0.15, -0.1) is 0 Å². The van der Waals surface area contributed by atoms with E-state index in [1.165, 1.54) is 11.0 Å². The second kappa shape index (κ2) is 9.19. The summed E-state index contributed by atoms with van der Waals surface area (Å²) in [5.74, 6) is -1.08. The molecular formula is C21H30FN3O4. The maximum atomic E-state index is 14.4. The molecule has 2 atom stereocenters. The van der Waals surface area contributed by atoms with Crippen LogP contribution in [0, 0.1) is 11.2 Å². The van der Waals surface area contributed by atoms with Crippen LogP contribution in [0.1, 0.15) is 24.4 Å². The number of hydrogen-bond donors (Lipinski definition) is 1. The van der Waals surface area contributed by atoms with E-state index in [0.29, 0.717) is 19.8 Å². The van der Waals surface area contributed by atoms with Gasteiger partial charge in [-0.1, -0.05) is 18.2 Å². The second-order valence-corrected chi connectivity index (χ2v) is 8.27. The molecule has 2 saturated heterocycles. The Hall–Kier alpha value is -2.03. The fraction of sp³-hybridized carbons (Fsp3) is 0.619. The summed E-state index contributed by atoms with van der Waals surface area (Å²) in [5.41, 5.74) is 0.193. The Morgan fingerprint density at radius 2 is 2.00 bits per heavy atom. The molecule has 1 aromatic carbocycles. The predicted molar refractivity (Wildman–Crippen MR) is 106 cm³/mol. The van der Waals surface area contributed by atoms with Crippen LogP contribution >= 0.6 is 0 Å². The smallest absolute Gasteiger partial charge is 0.251 e. The molecule has 2 fully saturated rings. The summed E-state index contributed by atoms with van der Waals surface area (Å²) in [6.45, 7) is 2.44. The molecule has 2 unspecified atom stereocenters. The summed E-state index contributed by atoms with van der Waals surface area (Å²) in [6, 6.07) is 5.37. The van der Waals surface area contributed by atoms with E-state index in [1.807, 2.05) is 14.1 Å². The molecule has 0 aliphatic carbocycles. The highest BCUT2D eigenvalue weighted by Crippen LogP contribution is 2.33. The number of nitrogens with zero attached hydrogens (tertiary/aromatic N) is 2. The largest absolute Gasteiger partial charge is 0.381 e. The number of halogens is 1. The number of likely N-dealkylation sites (N-methyl/N-ethyl adjacent to an activating group) is 1. The van der Waals surface area contributed by atoms with Crippen molar-refractivity contribution in [3.63, 3.8) is 0 Å². The van der Waals surface area contributed by atoms with E-state index < -0.39 is 18.0 Å². The van der Waals surface area contributed by atoms with Crippen LogP contribution in [0.25, 0.3) is 0 Å². The van der Waals surface area contributed by atoms with E-state index in [-0.39, 0.29) is 29.4 Å². The Morgan fingerprint density at radius 1 is 1.31 bits per heavy atom. The highest BCUT2D eigenvalue weighted by molar-refractivity contribution is 5.86. The first-order valence-electron chi connectivity index (χ1n) is 9.95. The fourth-order valence-corrected chi connectivity index (χ4v) is 4.26. The van der Waals surface area contributed by atoms with Crippen molar-refractivity contribution in [2.24, 2.45) is 5.41 Å². The zero-order valence-electron chi connectivity index (χ0n) is 17.3. The van der Waals surface area contributed by atoms with Crippen molar-refractivity contribution in [1.82, 2.24) is 15.1 Å². The van der Waals surface area contributed by atoms with Crippen molar-refractivity contribution in [3.05, 3.63) is 35.6 Å². The van der Waals surface area contributed by atoms with Gasteiger partial charge in [0.15, 0.2) is 6.10 Å². The Bertz CT molecular complexity index is 736. The van der Waals surface area contributed by atoms with Crippen LogP contribution in [-0.4, -0.2) is 81.8 Å². The molecule has 1 aromatic rings. The maximum Gasteiger partial charge on any atom is 0.251 e. The number of carbonyl (C=O) groups is 2. The molecule has 1 N–H and O–H groups in total. The quantitative estimate of drug-likeness (QED) is 0.767. The first kappa shape index (κ1) is 21.7. The Kier molecular flexibility index (Phi) is 6.87. The van der Waals surface area contributed by atoms with Crippen molar-refractivity contribution in [1.29, 1.82) is 0 Å². The third-order valence-corrected chi connectivity index (χ3v) is 5.81. The topological polar surface area (TPSA) is 71.1 Å². The molecule has 8 heteroatoms. The summed E-state index contributed by atoms with van der Waals surface area (Å²) >= 11 is 0. The molecule has 0 spiro atoms. The van der Waals surface area contributed by atoms with E-state index in [1.54, 1.807) is 25.2 Å². The summed E-state index contributed by atoms with van der Waals surface area (Å²) in [5, 5.41) is 3.02. The number of nitrogens with one attached hydrogen (secondary N) is 1. The van der Waals surface area contributed by atoms with Gasteiger partial charge in [-0.2, -0.15) is 0 Å². The van der Waals surface area contributed by atoms with E-state index in [2.05, 4.69) is 10.2 Å². The molecule has 0 radical (unpaired) electrons. The van der Waals surface area contributed by atoms with E-state index in [0.717, 1.165) is 19.4 Å². The lowest BCUT2D eigenvalue weighted by Crippen LogP contribution is -2.55. The molecular weight excluding hydrogens is 377 g/mol. The second-order valence-electron chi connectivity index (χ2n) is 8.27. The van der Waals surface area contributed by atoms with Crippen LogP contribution in [0.2, 0.25) is 0 Å². The molecule has 2 amide bonds. The van der Waals surface area contributed by atoms with Gasteiger partial charge < -0.3 is 24.6 Å². The Balaban J connectivity index is 1.77. The van der Waals surface area contributed by atoms with Crippen LogP contribution in [0.3, 0.4) is 0 Å². The van der Waals surface area contributed by atoms with Crippen molar-refractivity contribution in [2.45, 2.75) is 25.0 Å². The number of amides is 2. The number of rotatable bonds is 6. The average molecular weight is 407 g/mol. The number of carbonyl (C=O) groups excluding carboxylic acids is 2. The van der Waals surface area contributed by atoms with Crippen molar-refractivity contribution in [2.75, 3.05) is 54.1 Å². The summed E-state index contributed by atoms with van der Waals surface area (Å²) in [4.78, 5) is 28.8. The van der Waals surface area contributed by atoms with Crippen LogP contribution in [0.5, 0.6) is 0 Å². The molecule has 3 rings (SSSR count). The zero-order chi connectivity index (χ0) is 21.0. The Labute approximate surface area is 171 Å². The number of ether oxygens (including phenoxy) is 2. The lowest BCUT2D eigenvalue weighted by molar-refractivity contribution is -0.162. The van der Waals surface area contributed by atoms with Crippen LogP contribution in [0.15, 0.2) is 24.3 Å². The summed E-state index contributed by atoms with van der Waals surface area (Å²) in [7, 11) is 5.60. The summed E-state index contributed by atoms with van der Waals surface area (Å²) in [6.07, 6.45) is 0.740. The standard InChI is InChI=1S/C21H30FN3O4/c1-24(2)14-21(8-10-28-11-9-21)13-23-20(27)19-18(25(3)17(26)12-29-19)15-6-4-5-7-16(15)22/h4-7,18-19H,8-14H2,1-3H3,(H,23,27). The fourth-order valence-electron chi connectivity index (χ4n) is 4.26. The molecule has 7 nitrogen and oxygen atoms in total. The average Bonchev–Trinajstić information content (AvgIpc) is 2.69. The van der Waals surface area contributed by atoms with E-state index in [9.17, 15) is 14.0 Å². The minimum Gasteiger partial charge on any atom is -0.381 e. The molecule has 2 aliphatic heterocycles. The predicted octanol–water partition coefficient (Wildman–Crippen LogP) is 1.20. The van der Waals surface area contributed by atoms with Gasteiger partial charge in [0.2, 0.25) is 5.91 Å². The number of hydrogen-bond acceptors (Lipinski definition) is 5. The molecule has 0 aromatic heterocycles. The molecule has 2 aliphatic rings. The van der Waals surface area contributed by atoms with Crippen molar-refractivity contribution >= 4 is 11.8 Å². The zero-order valence-corrected chi connectivity index (χ0v) is 17.3. The van der Waals surface area contributed by atoms with Gasteiger partial charge >= 0.3 is 0 Å². The van der Waals surface area contributed by atoms with Crippen molar-refractivity contribution in [3.8, 4) is 0 Å². The van der Waals surface area contributed by atoms with Crippen LogP contribution < -0.4 is 5.32 Å². The molecule has 0 saturated carbocycles. The van der Waals surface area contributed by atoms with Gasteiger partial charge in [0.25, 0.3) is 5.91 Å². The van der Waals surface area contributed by atoms with Gasteiger partial charge in [0, 0.05) is 44.3 Å². The van der Waals surface area contributed by atoms with Crippen LogP contribution in [-0.2, 0) is 19.1 Å². The number of morpholine rings is 1. The third kappa shape index (κ3) is 4.94. The highest BCUT2D eigenvalue weighted by atomic mass is 19.1. The normalized spacial score (nSPS) is 24.6. The Morgan fingerprint density at radius 3 is 2.66 bits per heavy atom. The highest BCUT2D eigenvalue weighted by Gasteiger charge is 2.42. The lowest BCUT2D eigenvalue weighted by Gasteiger charge is -2.41.